The monoisotopic (exact) mass is 382 g/mol. The molecule has 0 aliphatic carbocycles. The highest BCUT2D eigenvalue weighted by atomic mass is 16.5. The van der Waals surface area contributed by atoms with Gasteiger partial charge >= 0.3 is 0 Å². The molecule has 1 heterocycles. The van der Waals surface area contributed by atoms with Gasteiger partial charge in [0.2, 0.25) is 17.6 Å². The van der Waals surface area contributed by atoms with E-state index in [0.717, 1.165) is 17.0 Å². The fraction of sp³-hybridized carbons (Fsp3) is 0.250. The van der Waals surface area contributed by atoms with Crippen molar-refractivity contribution in [2.45, 2.75) is 13.0 Å². The maximum atomic E-state index is 11.3. The van der Waals surface area contributed by atoms with Crippen LogP contribution in [0.3, 0.4) is 0 Å². The van der Waals surface area contributed by atoms with E-state index in [9.17, 15) is 4.79 Å². The van der Waals surface area contributed by atoms with Gasteiger partial charge in [0.15, 0.2) is 0 Å². The van der Waals surface area contributed by atoms with Gasteiger partial charge in [0, 0.05) is 18.7 Å². The lowest BCUT2D eigenvalue weighted by Gasteiger charge is -2.22. The summed E-state index contributed by atoms with van der Waals surface area (Å²) in [7, 11) is 3.20. The zero-order valence-corrected chi connectivity index (χ0v) is 15.8. The summed E-state index contributed by atoms with van der Waals surface area (Å²) in [6, 6.07) is 14.9. The minimum Gasteiger partial charge on any atom is -0.497 e. The van der Waals surface area contributed by atoms with Crippen LogP contribution in [0.4, 0.5) is 5.69 Å². The van der Waals surface area contributed by atoms with Gasteiger partial charge in [0.25, 0.3) is 0 Å². The fourth-order valence-corrected chi connectivity index (χ4v) is 2.76. The van der Waals surface area contributed by atoms with Gasteiger partial charge in [0.1, 0.15) is 11.5 Å². The van der Waals surface area contributed by atoms with Crippen molar-refractivity contribution in [2.24, 2.45) is 5.73 Å². The Kier molecular flexibility index (Phi) is 6.11. The molecule has 0 saturated heterocycles. The molecule has 2 N–H and O–H groups in total. The smallest absolute Gasteiger partial charge is 0.246 e. The Morgan fingerprint density at radius 3 is 2.54 bits per heavy atom. The number of rotatable bonds is 9. The minimum atomic E-state index is -0.376. The normalized spacial score (nSPS) is 10.5. The molecule has 3 aromatic rings. The summed E-state index contributed by atoms with van der Waals surface area (Å²) in [4.78, 5) is 17.7. The van der Waals surface area contributed by atoms with Gasteiger partial charge in [-0.2, -0.15) is 4.98 Å². The quantitative estimate of drug-likeness (QED) is 0.607. The summed E-state index contributed by atoms with van der Waals surface area (Å²) in [5.74, 6) is 1.89. The van der Waals surface area contributed by atoms with Crippen molar-refractivity contribution >= 4 is 11.6 Å². The summed E-state index contributed by atoms with van der Waals surface area (Å²) in [6.45, 7) is 0.760. The second-order valence-corrected chi connectivity index (χ2v) is 6.05. The Hall–Kier alpha value is -3.55. The molecule has 2 aromatic carbocycles. The predicted octanol–water partition coefficient (Wildman–Crippen LogP) is 2.64. The third-order valence-corrected chi connectivity index (χ3v) is 4.21. The average Bonchev–Trinajstić information content (AvgIpc) is 3.19. The third-order valence-electron chi connectivity index (χ3n) is 4.21. The minimum absolute atomic E-state index is 0.208. The van der Waals surface area contributed by atoms with E-state index in [1.54, 1.807) is 14.2 Å². The number of primary amides is 1. The highest BCUT2D eigenvalue weighted by Gasteiger charge is 2.16. The highest BCUT2D eigenvalue weighted by Crippen LogP contribution is 2.28. The number of carbonyl (C=O) groups excluding carboxylic acids is 1. The summed E-state index contributed by atoms with van der Waals surface area (Å²) in [5.41, 5.74) is 6.95. The fourth-order valence-electron chi connectivity index (χ4n) is 2.76. The van der Waals surface area contributed by atoms with E-state index >= 15 is 0 Å². The van der Waals surface area contributed by atoms with Crippen LogP contribution >= 0.6 is 0 Å². The topological polar surface area (TPSA) is 104 Å². The number of hydrogen-bond acceptors (Lipinski definition) is 7. The molecule has 0 fully saturated rings. The summed E-state index contributed by atoms with van der Waals surface area (Å²) >= 11 is 0. The first kappa shape index (κ1) is 19.2. The van der Waals surface area contributed by atoms with E-state index in [4.69, 9.17) is 19.7 Å². The van der Waals surface area contributed by atoms with E-state index in [0.29, 0.717) is 30.6 Å². The van der Waals surface area contributed by atoms with E-state index in [-0.39, 0.29) is 12.3 Å². The maximum Gasteiger partial charge on any atom is 0.246 e. The van der Waals surface area contributed by atoms with Gasteiger partial charge in [-0.15, -0.1) is 0 Å². The molecular formula is C20H22N4O4. The molecule has 0 radical (unpaired) electrons. The SMILES string of the molecule is COc1ccc(N(CCC(N)=O)Cc2nc(-c3ccccc3OC)no2)cc1. The number of benzene rings is 2. The number of amides is 1. The van der Waals surface area contributed by atoms with E-state index < -0.39 is 0 Å². The van der Waals surface area contributed by atoms with Crippen molar-refractivity contribution in [1.29, 1.82) is 0 Å². The molecule has 0 atom stereocenters. The van der Waals surface area contributed by atoms with Crippen molar-refractivity contribution in [3.8, 4) is 22.9 Å². The summed E-state index contributed by atoms with van der Waals surface area (Å²) in [5, 5.41) is 4.06. The first-order valence-electron chi connectivity index (χ1n) is 8.74. The standard InChI is InChI=1S/C20H22N4O4/c1-26-15-9-7-14(8-10-15)24(12-11-18(21)25)13-19-22-20(23-28-19)16-5-3-4-6-17(16)27-2/h3-10H,11-13H2,1-2H3,(H2,21,25). The van der Waals surface area contributed by atoms with Gasteiger partial charge in [-0.3, -0.25) is 4.79 Å². The number of para-hydroxylation sites is 1. The Balaban J connectivity index is 1.82. The molecule has 146 valence electrons. The van der Waals surface area contributed by atoms with Crippen LogP contribution in [0.25, 0.3) is 11.4 Å². The molecule has 1 amide bonds. The first-order chi connectivity index (χ1) is 13.6. The lowest BCUT2D eigenvalue weighted by atomic mass is 10.2. The molecule has 0 saturated carbocycles. The molecule has 0 aliphatic rings. The highest BCUT2D eigenvalue weighted by molar-refractivity contribution is 5.74. The van der Waals surface area contributed by atoms with E-state index in [1.165, 1.54) is 0 Å². The van der Waals surface area contributed by atoms with Crippen molar-refractivity contribution in [2.75, 3.05) is 25.7 Å². The number of methoxy groups -OCH3 is 2. The Morgan fingerprint density at radius 1 is 1.11 bits per heavy atom. The van der Waals surface area contributed by atoms with Gasteiger partial charge < -0.3 is 24.6 Å². The summed E-state index contributed by atoms with van der Waals surface area (Å²) < 4.78 is 16.0. The molecule has 0 spiro atoms. The molecule has 28 heavy (non-hydrogen) atoms. The molecule has 0 bridgehead atoms. The Labute approximate surface area is 162 Å². The molecule has 8 heteroatoms. The zero-order valence-electron chi connectivity index (χ0n) is 15.8. The largest absolute Gasteiger partial charge is 0.497 e. The van der Waals surface area contributed by atoms with Crippen LogP contribution < -0.4 is 20.1 Å². The first-order valence-corrected chi connectivity index (χ1v) is 8.74. The van der Waals surface area contributed by atoms with Crippen LogP contribution in [0.1, 0.15) is 12.3 Å². The average molecular weight is 382 g/mol. The number of anilines is 1. The van der Waals surface area contributed by atoms with Crippen LogP contribution in [0.15, 0.2) is 53.1 Å². The van der Waals surface area contributed by atoms with Crippen LogP contribution in [0.5, 0.6) is 11.5 Å². The van der Waals surface area contributed by atoms with Crippen molar-refractivity contribution < 1.29 is 18.8 Å². The van der Waals surface area contributed by atoms with Crippen molar-refractivity contribution in [3.05, 3.63) is 54.4 Å². The number of hydrogen-bond donors (Lipinski definition) is 1. The van der Waals surface area contributed by atoms with Crippen LogP contribution in [-0.2, 0) is 11.3 Å². The number of nitrogens with two attached hydrogens (primary N) is 1. The van der Waals surface area contributed by atoms with Gasteiger partial charge in [-0.05, 0) is 36.4 Å². The van der Waals surface area contributed by atoms with Crippen LogP contribution in [0, 0.1) is 0 Å². The predicted molar refractivity (Wildman–Crippen MR) is 104 cm³/mol. The van der Waals surface area contributed by atoms with E-state index in [2.05, 4.69) is 10.1 Å². The number of carbonyl (C=O) groups is 1. The molecule has 0 aliphatic heterocycles. The summed E-state index contributed by atoms with van der Waals surface area (Å²) in [6.07, 6.45) is 0.208. The molecule has 0 unspecified atom stereocenters. The lowest BCUT2D eigenvalue weighted by molar-refractivity contribution is -0.117. The van der Waals surface area contributed by atoms with Crippen LogP contribution in [-0.4, -0.2) is 36.8 Å². The Bertz CT molecular complexity index is 924. The lowest BCUT2D eigenvalue weighted by Crippen LogP contribution is -2.27. The molecular weight excluding hydrogens is 360 g/mol. The molecule has 3 rings (SSSR count). The number of aromatic nitrogens is 2. The number of nitrogens with zero attached hydrogens (tertiary/aromatic N) is 3. The van der Waals surface area contributed by atoms with Crippen molar-refractivity contribution in [3.63, 3.8) is 0 Å². The third kappa shape index (κ3) is 4.59. The van der Waals surface area contributed by atoms with E-state index in [1.807, 2.05) is 53.4 Å². The Morgan fingerprint density at radius 2 is 1.86 bits per heavy atom. The zero-order chi connectivity index (χ0) is 19.9. The van der Waals surface area contributed by atoms with Gasteiger partial charge in [0.05, 0.1) is 26.3 Å². The second kappa shape index (κ2) is 8.90. The van der Waals surface area contributed by atoms with Gasteiger partial charge in [-0.1, -0.05) is 17.3 Å². The maximum absolute atomic E-state index is 11.3. The van der Waals surface area contributed by atoms with Crippen LogP contribution in [0.2, 0.25) is 0 Å². The van der Waals surface area contributed by atoms with Crippen molar-refractivity contribution in [1.82, 2.24) is 10.1 Å². The van der Waals surface area contributed by atoms with Gasteiger partial charge in [-0.25, -0.2) is 0 Å². The molecule has 8 nitrogen and oxygen atoms in total. The number of ether oxygens (including phenoxy) is 2. The second-order valence-electron chi connectivity index (χ2n) is 6.05. The molecule has 1 aromatic heterocycles.